The van der Waals surface area contributed by atoms with Crippen LogP contribution in [0.1, 0.15) is 5.56 Å². The molecule has 0 bridgehead atoms. The minimum absolute atomic E-state index is 0. The van der Waals surface area contributed by atoms with Crippen LogP contribution in [0, 0.1) is 5.41 Å². The number of fused-ring (bicyclic) bond motifs is 1. The van der Waals surface area contributed by atoms with E-state index in [1.54, 1.807) is 0 Å². The number of hydrogen-bond acceptors (Lipinski definition) is 2. The van der Waals surface area contributed by atoms with E-state index < -0.39 is 0 Å². The quantitative estimate of drug-likeness (QED) is 0.636. The van der Waals surface area contributed by atoms with Gasteiger partial charge in [-0.3, -0.25) is 5.41 Å². The van der Waals surface area contributed by atoms with Gasteiger partial charge in [0.2, 0.25) is 5.62 Å². The molecule has 1 aromatic heterocycles. The van der Waals surface area contributed by atoms with Crippen molar-refractivity contribution >= 4 is 11.0 Å². The van der Waals surface area contributed by atoms with Crippen molar-refractivity contribution in [2.75, 3.05) is 6.61 Å². The predicted octanol–water partition coefficient (Wildman–Crippen LogP) is -1.03. The zero-order chi connectivity index (χ0) is 13.9. The van der Waals surface area contributed by atoms with Crippen LogP contribution in [-0.4, -0.2) is 20.8 Å². The molecule has 0 amide bonds. The van der Waals surface area contributed by atoms with Gasteiger partial charge >= 0.3 is 0 Å². The number of imidazole rings is 1. The van der Waals surface area contributed by atoms with E-state index in [1.165, 1.54) is 0 Å². The highest BCUT2D eigenvalue weighted by atomic mass is 35.5. The summed E-state index contributed by atoms with van der Waals surface area (Å²) in [6.45, 7) is 1.15. The third-order valence-corrected chi connectivity index (χ3v) is 3.48. The molecule has 0 saturated carbocycles. The summed E-state index contributed by atoms with van der Waals surface area (Å²) >= 11 is 0. The van der Waals surface area contributed by atoms with Gasteiger partial charge in [-0.1, -0.05) is 42.5 Å². The van der Waals surface area contributed by atoms with Crippen LogP contribution in [0.4, 0.5) is 0 Å². The third kappa shape index (κ3) is 2.86. The highest BCUT2D eigenvalue weighted by Gasteiger charge is 2.09. The highest BCUT2D eigenvalue weighted by molar-refractivity contribution is 5.76. The van der Waals surface area contributed by atoms with Gasteiger partial charge in [-0.2, -0.15) is 0 Å². The average Bonchev–Trinajstić information content (AvgIpc) is 2.75. The number of aromatic nitrogens is 2. The van der Waals surface area contributed by atoms with Crippen LogP contribution < -0.4 is 18.0 Å². The Labute approximate surface area is 129 Å². The fourth-order valence-corrected chi connectivity index (χ4v) is 2.55. The number of nitrogens with zero attached hydrogens (tertiary/aromatic N) is 2. The first-order chi connectivity index (χ1) is 9.81. The van der Waals surface area contributed by atoms with Gasteiger partial charge in [0.15, 0.2) is 0 Å². The molecule has 0 radical (unpaired) electrons. The van der Waals surface area contributed by atoms with Gasteiger partial charge in [-0.25, -0.2) is 0 Å². The molecule has 2 N–H and O–H groups in total. The van der Waals surface area contributed by atoms with E-state index >= 15 is 0 Å². The van der Waals surface area contributed by atoms with E-state index in [2.05, 4.69) is 12.1 Å². The molecule has 2 aromatic carbocycles. The number of aliphatic hydroxyl groups excluding tert-OH is 1. The van der Waals surface area contributed by atoms with Crippen molar-refractivity contribution in [1.29, 1.82) is 5.41 Å². The number of benzene rings is 2. The normalized spacial score (nSPS) is 10.5. The smallest absolute Gasteiger partial charge is 0.203 e. The molecule has 0 unspecified atom stereocenters. The summed E-state index contributed by atoms with van der Waals surface area (Å²) in [5.74, 6) is 0. The number of aliphatic hydroxyl groups is 1. The van der Waals surface area contributed by atoms with Gasteiger partial charge in [0.05, 0.1) is 24.2 Å². The molecule has 1 heterocycles. The standard InChI is InChI=1S/C16H17N3O.ClH/c17-16-18(10-11-20)14-8-4-5-9-15(14)19(16)12-13-6-2-1-3-7-13;/h1-9,17,20H,10-12H2;1H/p-1. The second-order valence-electron chi connectivity index (χ2n) is 4.76. The summed E-state index contributed by atoms with van der Waals surface area (Å²) in [6, 6.07) is 18.1. The van der Waals surface area contributed by atoms with Crippen LogP contribution in [0.5, 0.6) is 0 Å². The van der Waals surface area contributed by atoms with Crippen LogP contribution in [0.3, 0.4) is 0 Å². The topological polar surface area (TPSA) is 53.9 Å². The lowest BCUT2D eigenvalue weighted by molar-refractivity contribution is -0.00000535. The maximum atomic E-state index is 9.19. The summed E-state index contributed by atoms with van der Waals surface area (Å²) in [4.78, 5) is 0. The Balaban J connectivity index is 0.00000161. The lowest BCUT2D eigenvalue weighted by Crippen LogP contribution is -3.00. The van der Waals surface area contributed by atoms with Crippen molar-refractivity contribution in [1.82, 2.24) is 9.13 Å². The van der Waals surface area contributed by atoms with Crippen LogP contribution in [0.25, 0.3) is 11.0 Å². The van der Waals surface area contributed by atoms with Gasteiger partial charge in [0.25, 0.3) is 0 Å². The molecule has 3 rings (SSSR count). The zero-order valence-electron chi connectivity index (χ0n) is 11.5. The molecule has 0 fully saturated rings. The Morgan fingerprint density at radius 2 is 1.43 bits per heavy atom. The maximum Gasteiger partial charge on any atom is 0.203 e. The van der Waals surface area contributed by atoms with Crippen LogP contribution >= 0.6 is 0 Å². The SMILES string of the molecule is N=c1n(CCO)c2ccccc2n1Cc1ccccc1.[Cl-]. The first kappa shape index (κ1) is 15.4. The Morgan fingerprint density at radius 3 is 2.05 bits per heavy atom. The minimum Gasteiger partial charge on any atom is -1.00 e. The predicted molar refractivity (Wildman–Crippen MR) is 78.4 cm³/mol. The largest absolute Gasteiger partial charge is 1.00 e. The molecule has 110 valence electrons. The van der Waals surface area contributed by atoms with Crippen molar-refractivity contribution in [2.45, 2.75) is 13.1 Å². The van der Waals surface area contributed by atoms with Crippen molar-refractivity contribution in [3.05, 3.63) is 65.8 Å². The molecule has 5 heteroatoms. The van der Waals surface area contributed by atoms with Gasteiger partial charge < -0.3 is 26.6 Å². The summed E-state index contributed by atoms with van der Waals surface area (Å²) in [5.41, 5.74) is 3.60. The first-order valence-corrected chi connectivity index (χ1v) is 6.68. The van der Waals surface area contributed by atoms with Gasteiger partial charge in [0, 0.05) is 6.54 Å². The fraction of sp³-hybridized carbons (Fsp3) is 0.188. The lowest BCUT2D eigenvalue weighted by Gasteiger charge is -2.04. The van der Waals surface area contributed by atoms with E-state index in [0.29, 0.717) is 18.7 Å². The molecule has 0 aliphatic rings. The molecule has 0 spiro atoms. The van der Waals surface area contributed by atoms with Gasteiger partial charge in [-0.05, 0) is 17.7 Å². The number of nitrogens with one attached hydrogen (secondary N) is 1. The summed E-state index contributed by atoms with van der Waals surface area (Å²) in [5, 5.41) is 17.5. The van der Waals surface area contributed by atoms with E-state index in [4.69, 9.17) is 5.41 Å². The maximum absolute atomic E-state index is 9.19. The Morgan fingerprint density at radius 1 is 0.857 bits per heavy atom. The molecule has 0 atom stereocenters. The summed E-state index contributed by atoms with van der Waals surface area (Å²) < 4.78 is 3.82. The highest BCUT2D eigenvalue weighted by Crippen LogP contribution is 2.14. The molecule has 21 heavy (non-hydrogen) atoms. The summed E-state index contributed by atoms with van der Waals surface area (Å²) in [7, 11) is 0. The van der Waals surface area contributed by atoms with Crippen molar-refractivity contribution < 1.29 is 17.5 Å². The molecule has 0 saturated heterocycles. The molecular weight excluding hydrogens is 286 g/mol. The van der Waals surface area contributed by atoms with E-state index in [9.17, 15) is 5.11 Å². The third-order valence-electron chi connectivity index (χ3n) is 3.48. The number of hydrogen-bond donors (Lipinski definition) is 2. The van der Waals surface area contributed by atoms with E-state index in [-0.39, 0.29) is 19.0 Å². The van der Waals surface area contributed by atoms with Crippen molar-refractivity contribution in [3.8, 4) is 0 Å². The summed E-state index contributed by atoms with van der Waals surface area (Å²) in [6.07, 6.45) is 0. The minimum atomic E-state index is 0. The molecule has 0 aliphatic carbocycles. The van der Waals surface area contributed by atoms with Crippen molar-refractivity contribution in [3.63, 3.8) is 0 Å². The lowest BCUT2D eigenvalue weighted by atomic mass is 10.2. The second-order valence-corrected chi connectivity index (χ2v) is 4.76. The molecule has 0 aliphatic heterocycles. The van der Waals surface area contributed by atoms with E-state index in [0.717, 1.165) is 16.6 Å². The monoisotopic (exact) mass is 302 g/mol. The zero-order valence-corrected chi connectivity index (χ0v) is 12.3. The van der Waals surface area contributed by atoms with Crippen LogP contribution in [0.2, 0.25) is 0 Å². The van der Waals surface area contributed by atoms with Crippen LogP contribution in [-0.2, 0) is 13.1 Å². The van der Waals surface area contributed by atoms with Crippen LogP contribution in [0.15, 0.2) is 54.6 Å². The average molecular weight is 303 g/mol. The number of halogens is 1. The molecule has 4 nitrogen and oxygen atoms in total. The molecule has 3 aromatic rings. The molecular formula is C16H17ClN3O-. The Kier molecular flexibility index (Phi) is 4.83. The second kappa shape index (κ2) is 6.61. The first-order valence-electron chi connectivity index (χ1n) is 6.68. The fourth-order valence-electron chi connectivity index (χ4n) is 2.55. The van der Waals surface area contributed by atoms with Gasteiger partial charge in [0.1, 0.15) is 0 Å². The Bertz CT molecular complexity index is 777. The number of rotatable bonds is 4. The Hall–Kier alpha value is -2.04. The van der Waals surface area contributed by atoms with Gasteiger partial charge in [-0.15, -0.1) is 0 Å². The number of para-hydroxylation sites is 2. The van der Waals surface area contributed by atoms with E-state index in [1.807, 2.05) is 51.6 Å². The van der Waals surface area contributed by atoms with Crippen molar-refractivity contribution in [2.24, 2.45) is 0 Å².